The second-order valence-corrected chi connectivity index (χ2v) is 3.92. The SMILES string of the molecule is CC(C)c1cc(CCON)c(C#N)cc1F. The van der Waals surface area contributed by atoms with Crippen LogP contribution in [0.15, 0.2) is 12.1 Å². The smallest absolute Gasteiger partial charge is 0.127 e. The molecule has 0 fully saturated rings. The van der Waals surface area contributed by atoms with Crippen molar-refractivity contribution < 1.29 is 9.23 Å². The summed E-state index contributed by atoms with van der Waals surface area (Å²) in [5.74, 6) is 4.70. The van der Waals surface area contributed by atoms with E-state index < -0.39 is 0 Å². The van der Waals surface area contributed by atoms with E-state index >= 15 is 0 Å². The average Bonchev–Trinajstić information content (AvgIpc) is 2.26. The molecule has 16 heavy (non-hydrogen) atoms. The lowest BCUT2D eigenvalue weighted by Crippen LogP contribution is -2.06. The second kappa shape index (κ2) is 5.59. The predicted octanol–water partition coefficient (Wildman–Crippen LogP) is 2.25. The van der Waals surface area contributed by atoms with Gasteiger partial charge in [-0.3, -0.25) is 0 Å². The molecule has 86 valence electrons. The van der Waals surface area contributed by atoms with Gasteiger partial charge < -0.3 is 4.84 Å². The fourth-order valence-corrected chi connectivity index (χ4v) is 1.56. The van der Waals surface area contributed by atoms with Crippen molar-refractivity contribution >= 4 is 0 Å². The van der Waals surface area contributed by atoms with E-state index in [4.69, 9.17) is 11.2 Å². The lowest BCUT2D eigenvalue weighted by molar-refractivity contribution is 0.141. The Morgan fingerprint density at radius 1 is 1.50 bits per heavy atom. The number of benzene rings is 1. The molecule has 0 saturated heterocycles. The van der Waals surface area contributed by atoms with Crippen LogP contribution in [-0.2, 0) is 11.3 Å². The van der Waals surface area contributed by atoms with E-state index in [1.165, 1.54) is 6.07 Å². The van der Waals surface area contributed by atoms with Crippen LogP contribution in [0.1, 0.15) is 36.5 Å². The Kier molecular flexibility index (Phi) is 4.41. The average molecular weight is 222 g/mol. The monoisotopic (exact) mass is 222 g/mol. The quantitative estimate of drug-likeness (QED) is 0.795. The number of hydrogen-bond donors (Lipinski definition) is 1. The zero-order chi connectivity index (χ0) is 12.1. The Morgan fingerprint density at radius 2 is 2.19 bits per heavy atom. The van der Waals surface area contributed by atoms with Gasteiger partial charge in [0, 0.05) is 0 Å². The molecule has 1 aromatic carbocycles. The van der Waals surface area contributed by atoms with E-state index in [0.29, 0.717) is 24.2 Å². The molecule has 4 heteroatoms. The van der Waals surface area contributed by atoms with Crippen molar-refractivity contribution in [2.45, 2.75) is 26.2 Å². The first-order valence-corrected chi connectivity index (χ1v) is 5.14. The summed E-state index contributed by atoms with van der Waals surface area (Å²) in [4.78, 5) is 4.47. The van der Waals surface area contributed by atoms with E-state index in [1.54, 1.807) is 6.07 Å². The standard InChI is InChI=1S/C12H15FN2O/c1-8(2)11-5-9(3-4-16-15)10(7-14)6-12(11)13/h5-6,8H,3-4,15H2,1-2H3. The van der Waals surface area contributed by atoms with Gasteiger partial charge in [0.2, 0.25) is 0 Å². The molecule has 0 radical (unpaired) electrons. The van der Waals surface area contributed by atoms with Crippen molar-refractivity contribution in [1.29, 1.82) is 5.26 Å². The first kappa shape index (κ1) is 12.6. The van der Waals surface area contributed by atoms with Crippen LogP contribution in [0.2, 0.25) is 0 Å². The number of hydrogen-bond acceptors (Lipinski definition) is 3. The van der Waals surface area contributed by atoms with Gasteiger partial charge in [-0.05, 0) is 29.5 Å². The molecule has 3 nitrogen and oxygen atoms in total. The van der Waals surface area contributed by atoms with Gasteiger partial charge >= 0.3 is 0 Å². The summed E-state index contributed by atoms with van der Waals surface area (Å²) in [5.41, 5.74) is 1.74. The highest BCUT2D eigenvalue weighted by Gasteiger charge is 2.12. The Labute approximate surface area is 94.6 Å². The number of halogens is 1. The van der Waals surface area contributed by atoms with Crippen LogP contribution < -0.4 is 5.90 Å². The third kappa shape index (κ3) is 2.78. The number of nitrogens with zero attached hydrogens (tertiary/aromatic N) is 1. The van der Waals surface area contributed by atoms with Crippen molar-refractivity contribution in [1.82, 2.24) is 0 Å². The highest BCUT2D eigenvalue weighted by Crippen LogP contribution is 2.22. The predicted molar refractivity (Wildman–Crippen MR) is 59.0 cm³/mol. The van der Waals surface area contributed by atoms with Gasteiger partial charge in [0.1, 0.15) is 5.82 Å². The van der Waals surface area contributed by atoms with Crippen LogP contribution >= 0.6 is 0 Å². The maximum Gasteiger partial charge on any atom is 0.127 e. The Bertz CT molecular complexity index is 410. The van der Waals surface area contributed by atoms with Crippen LogP contribution in [0.5, 0.6) is 0 Å². The summed E-state index contributed by atoms with van der Waals surface area (Å²) in [7, 11) is 0. The second-order valence-electron chi connectivity index (χ2n) is 3.92. The van der Waals surface area contributed by atoms with Gasteiger partial charge in [-0.25, -0.2) is 10.3 Å². The number of nitrogens with two attached hydrogens (primary N) is 1. The van der Waals surface area contributed by atoms with E-state index in [9.17, 15) is 4.39 Å². The molecule has 0 bridgehead atoms. The van der Waals surface area contributed by atoms with Gasteiger partial charge in [-0.1, -0.05) is 19.9 Å². The van der Waals surface area contributed by atoms with Crippen LogP contribution in [0.3, 0.4) is 0 Å². The van der Waals surface area contributed by atoms with Crippen LogP contribution in [0.25, 0.3) is 0 Å². The normalized spacial score (nSPS) is 10.5. The van der Waals surface area contributed by atoms with Crippen LogP contribution in [0, 0.1) is 17.1 Å². The Balaban J connectivity index is 3.14. The summed E-state index contributed by atoms with van der Waals surface area (Å²) < 4.78 is 13.6. The van der Waals surface area contributed by atoms with Gasteiger partial charge in [0.15, 0.2) is 0 Å². The molecule has 1 aromatic rings. The van der Waals surface area contributed by atoms with Gasteiger partial charge in [-0.2, -0.15) is 5.26 Å². The molecular formula is C12H15FN2O. The first-order chi connectivity index (χ1) is 7.60. The third-order valence-corrected chi connectivity index (χ3v) is 2.45. The molecule has 0 heterocycles. The molecule has 2 N–H and O–H groups in total. The minimum Gasteiger partial charge on any atom is -0.304 e. The fraction of sp³-hybridized carbons (Fsp3) is 0.417. The van der Waals surface area contributed by atoms with Crippen molar-refractivity contribution in [3.63, 3.8) is 0 Å². The maximum atomic E-state index is 13.6. The molecule has 0 unspecified atom stereocenters. The van der Waals surface area contributed by atoms with Crippen LogP contribution in [-0.4, -0.2) is 6.61 Å². The topological polar surface area (TPSA) is 59.0 Å². The largest absolute Gasteiger partial charge is 0.304 e. The Hall–Kier alpha value is -1.44. The van der Waals surface area contributed by atoms with Crippen LogP contribution in [0.4, 0.5) is 4.39 Å². The van der Waals surface area contributed by atoms with Crippen molar-refractivity contribution in [2.75, 3.05) is 6.61 Å². The minimum absolute atomic E-state index is 0.0882. The molecule has 0 amide bonds. The molecular weight excluding hydrogens is 207 g/mol. The van der Waals surface area contributed by atoms with E-state index in [0.717, 1.165) is 5.56 Å². The summed E-state index contributed by atoms with van der Waals surface area (Å²) in [6, 6.07) is 4.97. The van der Waals surface area contributed by atoms with Gasteiger partial charge in [-0.15, -0.1) is 0 Å². The van der Waals surface area contributed by atoms with E-state index in [1.807, 2.05) is 19.9 Å². The molecule has 0 saturated carbocycles. The molecule has 0 aliphatic rings. The Morgan fingerprint density at radius 3 is 2.69 bits per heavy atom. The highest BCUT2D eigenvalue weighted by atomic mass is 19.1. The minimum atomic E-state index is -0.330. The lowest BCUT2D eigenvalue weighted by atomic mass is 9.95. The van der Waals surface area contributed by atoms with E-state index in [-0.39, 0.29) is 11.7 Å². The first-order valence-electron chi connectivity index (χ1n) is 5.14. The van der Waals surface area contributed by atoms with E-state index in [2.05, 4.69) is 4.84 Å². The van der Waals surface area contributed by atoms with Crippen molar-refractivity contribution in [2.24, 2.45) is 5.90 Å². The lowest BCUT2D eigenvalue weighted by Gasteiger charge is -2.11. The van der Waals surface area contributed by atoms with Crippen molar-refractivity contribution in [3.05, 3.63) is 34.6 Å². The number of nitriles is 1. The zero-order valence-electron chi connectivity index (χ0n) is 9.46. The van der Waals surface area contributed by atoms with Crippen molar-refractivity contribution in [3.8, 4) is 6.07 Å². The zero-order valence-corrected chi connectivity index (χ0v) is 9.46. The summed E-state index contributed by atoms with van der Waals surface area (Å²) in [6.07, 6.45) is 0.513. The molecule has 1 rings (SSSR count). The summed E-state index contributed by atoms with van der Waals surface area (Å²) >= 11 is 0. The molecule has 0 aromatic heterocycles. The van der Waals surface area contributed by atoms with Gasteiger partial charge in [0.25, 0.3) is 0 Å². The molecule has 0 aliphatic heterocycles. The van der Waals surface area contributed by atoms with Gasteiger partial charge in [0.05, 0.1) is 18.2 Å². The third-order valence-electron chi connectivity index (χ3n) is 2.45. The summed E-state index contributed by atoms with van der Waals surface area (Å²) in [5, 5.41) is 8.88. The molecule has 0 spiro atoms. The molecule has 0 atom stereocenters. The number of rotatable bonds is 4. The maximum absolute atomic E-state index is 13.6. The fourth-order valence-electron chi connectivity index (χ4n) is 1.56. The highest BCUT2D eigenvalue weighted by molar-refractivity contribution is 5.42. The summed E-state index contributed by atoms with van der Waals surface area (Å²) in [6.45, 7) is 4.14. The molecule has 0 aliphatic carbocycles.